The van der Waals surface area contributed by atoms with Crippen molar-refractivity contribution < 1.29 is 18.7 Å². The van der Waals surface area contributed by atoms with Gasteiger partial charge < -0.3 is 19.3 Å². The Labute approximate surface area is 154 Å². The molecule has 0 bridgehead atoms. The second kappa shape index (κ2) is 7.62. The molecular weight excluding hydrogens is 335 g/mol. The highest BCUT2D eigenvalue weighted by molar-refractivity contribution is 5.95. The normalized spacial score (nSPS) is 29.1. The lowest BCUT2D eigenvalue weighted by molar-refractivity contribution is -0.140. The van der Waals surface area contributed by atoms with Crippen LogP contribution in [0.1, 0.15) is 32.1 Å². The molecule has 1 aromatic carbocycles. The molecule has 0 saturated carbocycles. The summed E-state index contributed by atoms with van der Waals surface area (Å²) < 4.78 is 24.8. The van der Waals surface area contributed by atoms with Crippen LogP contribution >= 0.6 is 0 Å². The molecule has 3 fully saturated rings. The number of benzene rings is 1. The molecule has 3 aliphatic heterocycles. The van der Waals surface area contributed by atoms with Crippen LogP contribution in [0, 0.1) is 5.82 Å². The zero-order valence-electron chi connectivity index (χ0n) is 15.2. The lowest BCUT2D eigenvalue weighted by atomic mass is 9.92. The van der Waals surface area contributed by atoms with Crippen LogP contribution in [0.5, 0.6) is 0 Å². The van der Waals surface area contributed by atoms with E-state index in [0.29, 0.717) is 12.6 Å². The van der Waals surface area contributed by atoms with E-state index >= 15 is 0 Å². The molecule has 1 atom stereocenters. The van der Waals surface area contributed by atoms with Crippen molar-refractivity contribution in [2.45, 2.75) is 43.7 Å². The van der Waals surface area contributed by atoms with Crippen LogP contribution in [-0.4, -0.2) is 61.9 Å². The summed E-state index contributed by atoms with van der Waals surface area (Å²) in [6.45, 7) is 4.45. The van der Waals surface area contributed by atoms with E-state index in [1.54, 1.807) is 17.0 Å². The standard InChI is InChI=1S/C20H27FN2O3/c21-16-2-4-18(5-3-16)23-15-20(26-14-19(23)24)8-1-10-22(11-9-20)17-6-12-25-13-7-17/h2-5,17H,1,6-15H2. The van der Waals surface area contributed by atoms with Crippen LogP contribution in [0.4, 0.5) is 10.1 Å². The number of rotatable bonds is 2. The molecule has 1 unspecified atom stereocenters. The van der Waals surface area contributed by atoms with Crippen molar-refractivity contribution in [2.75, 3.05) is 44.4 Å². The van der Waals surface area contributed by atoms with Crippen LogP contribution in [0.25, 0.3) is 0 Å². The second-order valence-electron chi connectivity index (χ2n) is 7.66. The Bertz CT molecular complexity index is 632. The van der Waals surface area contributed by atoms with E-state index in [9.17, 15) is 9.18 Å². The number of hydrogen-bond acceptors (Lipinski definition) is 4. The Hall–Kier alpha value is -1.50. The summed E-state index contributed by atoms with van der Waals surface area (Å²) in [6.07, 6.45) is 5.16. The van der Waals surface area contributed by atoms with Gasteiger partial charge in [0.1, 0.15) is 12.4 Å². The van der Waals surface area contributed by atoms with Gasteiger partial charge in [-0.2, -0.15) is 0 Å². The largest absolute Gasteiger partial charge is 0.381 e. The van der Waals surface area contributed by atoms with Crippen molar-refractivity contribution in [3.8, 4) is 0 Å². The third-order valence-corrected chi connectivity index (χ3v) is 6.03. The van der Waals surface area contributed by atoms with E-state index in [0.717, 1.165) is 64.1 Å². The van der Waals surface area contributed by atoms with Gasteiger partial charge in [0.2, 0.25) is 0 Å². The third-order valence-electron chi connectivity index (χ3n) is 6.03. The number of carbonyl (C=O) groups is 1. The van der Waals surface area contributed by atoms with Crippen LogP contribution in [0.2, 0.25) is 0 Å². The average molecular weight is 362 g/mol. The van der Waals surface area contributed by atoms with E-state index < -0.39 is 0 Å². The maximum atomic E-state index is 13.2. The molecule has 5 nitrogen and oxygen atoms in total. The molecule has 0 aliphatic carbocycles. The molecule has 0 N–H and O–H groups in total. The number of hydrogen-bond donors (Lipinski definition) is 0. The minimum absolute atomic E-state index is 0.0484. The van der Waals surface area contributed by atoms with Gasteiger partial charge in [-0.05, 0) is 62.9 Å². The number of amides is 1. The van der Waals surface area contributed by atoms with Gasteiger partial charge in [0.15, 0.2) is 0 Å². The molecule has 1 aromatic rings. The number of anilines is 1. The summed E-state index contributed by atoms with van der Waals surface area (Å²) in [4.78, 5) is 16.7. The Morgan fingerprint density at radius 3 is 2.62 bits per heavy atom. The summed E-state index contributed by atoms with van der Waals surface area (Å²) in [5.41, 5.74) is 0.465. The zero-order chi connectivity index (χ0) is 18.0. The molecule has 1 spiro atoms. The van der Waals surface area contributed by atoms with Crippen molar-refractivity contribution in [1.29, 1.82) is 0 Å². The van der Waals surface area contributed by atoms with Crippen LogP contribution < -0.4 is 4.90 Å². The van der Waals surface area contributed by atoms with Gasteiger partial charge in [0.25, 0.3) is 5.91 Å². The molecule has 3 heterocycles. The first kappa shape index (κ1) is 17.9. The van der Waals surface area contributed by atoms with E-state index in [1.807, 2.05) is 0 Å². The SMILES string of the molecule is O=C1COC2(CCCN(C3CCOCC3)CC2)CN1c1ccc(F)cc1. The summed E-state index contributed by atoms with van der Waals surface area (Å²) >= 11 is 0. The molecule has 3 saturated heterocycles. The molecule has 4 rings (SSSR count). The third kappa shape index (κ3) is 3.77. The topological polar surface area (TPSA) is 42.0 Å². The Morgan fingerprint density at radius 2 is 1.85 bits per heavy atom. The fourth-order valence-corrected chi connectivity index (χ4v) is 4.48. The lowest BCUT2D eigenvalue weighted by Gasteiger charge is -2.42. The highest BCUT2D eigenvalue weighted by atomic mass is 19.1. The summed E-state index contributed by atoms with van der Waals surface area (Å²) in [5.74, 6) is -0.335. The molecule has 3 aliphatic rings. The van der Waals surface area contributed by atoms with Crippen molar-refractivity contribution in [3.63, 3.8) is 0 Å². The van der Waals surface area contributed by atoms with Crippen molar-refractivity contribution >= 4 is 11.6 Å². The summed E-state index contributed by atoms with van der Waals surface area (Å²) in [6, 6.07) is 6.78. The van der Waals surface area contributed by atoms with Gasteiger partial charge in [-0.1, -0.05) is 0 Å². The number of likely N-dealkylation sites (tertiary alicyclic amines) is 1. The molecule has 0 aromatic heterocycles. The number of halogens is 1. The van der Waals surface area contributed by atoms with Crippen molar-refractivity contribution in [1.82, 2.24) is 4.90 Å². The first-order chi connectivity index (χ1) is 12.7. The molecule has 1 amide bonds. The average Bonchev–Trinajstić information content (AvgIpc) is 2.88. The maximum Gasteiger partial charge on any atom is 0.253 e. The number of carbonyl (C=O) groups excluding carboxylic acids is 1. The van der Waals surface area contributed by atoms with Crippen molar-refractivity contribution in [3.05, 3.63) is 30.1 Å². The van der Waals surface area contributed by atoms with E-state index in [4.69, 9.17) is 9.47 Å². The number of ether oxygens (including phenoxy) is 2. The lowest BCUT2D eigenvalue weighted by Crippen LogP contribution is -2.55. The fraction of sp³-hybridized carbons (Fsp3) is 0.650. The van der Waals surface area contributed by atoms with E-state index in [-0.39, 0.29) is 23.9 Å². The number of morpholine rings is 1. The van der Waals surface area contributed by atoms with Gasteiger partial charge in [0.05, 0.1) is 12.1 Å². The monoisotopic (exact) mass is 362 g/mol. The Balaban J connectivity index is 1.45. The first-order valence-corrected chi connectivity index (χ1v) is 9.67. The highest BCUT2D eigenvalue weighted by Crippen LogP contribution is 2.34. The highest BCUT2D eigenvalue weighted by Gasteiger charge is 2.42. The minimum Gasteiger partial charge on any atom is -0.381 e. The number of nitrogens with zero attached hydrogens (tertiary/aromatic N) is 2. The van der Waals surface area contributed by atoms with Gasteiger partial charge in [-0.15, -0.1) is 0 Å². The molecule has 0 radical (unpaired) electrons. The first-order valence-electron chi connectivity index (χ1n) is 9.67. The molecule has 26 heavy (non-hydrogen) atoms. The fourth-order valence-electron chi connectivity index (χ4n) is 4.48. The van der Waals surface area contributed by atoms with Crippen molar-refractivity contribution in [2.24, 2.45) is 0 Å². The maximum absolute atomic E-state index is 13.2. The van der Waals surface area contributed by atoms with E-state index in [2.05, 4.69) is 4.90 Å². The van der Waals surface area contributed by atoms with E-state index in [1.165, 1.54) is 12.1 Å². The zero-order valence-corrected chi connectivity index (χ0v) is 15.2. The summed E-state index contributed by atoms with van der Waals surface area (Å²) in [5, 5.41) is 0. The predicted octanol–water partition coefficient (Wildman–Crippen LogP) is 2.59. The Morgan fingerprint density at radius 1 is 1.08 bits per heavy atom. The van der Waals surface area contributed by atoms with Crippen LogP contribution in [0.3, 0.4) is 0 Å². The van der Waals surface area contributed by atoms with Gasteiger partial charge >= 0.3 is 0 Å². The van der Waals surface area contributed by atoms with Gasteiger partial charge in [-0.3, -0.25) is 4.79 Å². The summed E-state index contributed by atoms with van der Waals surface area (Å²) in [7, 11) is 0. The van der Waals surface area contributed by atoms with Crippen LogP contribution in [0.15, 0.2) is 24.3 Å². The quantitative estimate of drug-likeness (QED) is 0.811. The van der Waals surface area contributed by atoms with Crippen LogP contribution in [-0.2, 0) is 14.3 Å². The predicted molar refractivity (Wildman–Crippen MR) is 96.7 cm³/mol. The molecule has 142 valence electrons. The molecular formula is C20H27FN2O3. The minimum atomic E-state index is -0.289. The smallest absolute Gasteiger partial charge is 0.253 e. The van der Waals surface area contributed by atoms with Gasteiger partial charge in [0, 0.05) is 31.5 Å². The second-order valence-corrected chi connectivity index (χ2v) is 7.66. The Kier molecular flexibility index (Phi) is 5.25. The molecule has 6 heteroatoms. The van der Waals surface area contributed by atoms with Gasteiger partial charge in [-0.25, -0.2) is 4.39 Å².